The van der Waals surface area contributed by atoms with Gasteiger partial charge in [0, 0.05) is 70.9 Å². The van der Waals surface area contributed by atoms with E-state index in [0.717, 1.165) is 39.1 Å². The van der Waals surface area contributed by atoms with Gasteiger partial charge in [-0.25, -0.2) is 5.01 Å². The number of nitrogens with zero attached hydrogens (tertiary/aromatic N) is 6. The Labute approximate surface area is 148 Å². The van der Waals surface area contributed by atoms with E-state index in [-0.39, 0.29) is 11.8 Å². The van der Waals surface area contributed by atoms with E-state index in [9.17, 15) is 9.59 Å². The minimum atomic E-state index is -0.0359. The van der Waals surface area contributed by atoms with Gasteiger partial charge >= 0.3 is 0 Å². The third-order valence-corrected chi connectivity index (χ3v) is 4.75. The number of aromatic nitrogens is 2. The van der Waals surface area contributed by atoms with Gasteiger partial charge in [-0.05, 0) is 13.3 Å². The first-order valence-electron chi connectivity index (χ1n) is 8.94. The van der Waals surface area contributed by atoms with E-state index >= 15 is 0 Å². The largest absolute Gasteiger partial charge is 0.336 e. The second-order valence-corrected chi connectivity index (χ2v) is 6.59. The summed E-state index contributed by atoms with van der Waals surface area (Å²) in [5, 5.41) is 9.76. The smallest absolute Gasteiger partial charge is 0.270 e. The monoisotopic (exact) mass is 346 g/mol. The molecule has 0 atom stereocenters. The number of amides is 2. The van der Waals surface area contributed by atoms with E-state index in [1.807, 2.05) is 15.8 Å². The van der Waals surface area contributed by atoms with Crippen molar-refractivity contribution in [2.45, 2.75) is 39.3 Å². The lowest BCUT2D eigenvalue weighted by Gasteiger charge is -2.25. The molecule has 25 heavy (non-hydrogen) atoms. The minimum absolute atomic E-state index is 0.0278. The summed E-state index contributed by atoms with van der Waals surface area (Å²) >= 11 is 0. The van der Waals surface area contributed by atoms with Crippen molar-refractivity contribution in [3.8, 4) is 0 Å². The summed E-state index contributed by atoms with van der Waals surface area (Å²) in [6.45, 7) is 7.04. The molecule has 2 aliphatic rings. The maximum absolute atomic E-state index is 12.7. The van der Waals surface area contributed by atoms with Crippen LogP contribution in [0.4, 0.5) is 0 Å². The van der Waals surface area contributed by atoms with Gasteiger partial charge in [0.15, 0.2) is 0 Å². The Morgan fingerprint density at radius 3 is 2.76 bits per heavy atom. The molecule has 0 spiro atoms. The van der Waals surface area contributed by atoms with Crippen LogP contribution in [0.2, 0.25) is 0 Å². The van der Waals surface area contributed by atoms with Crippen LogP contribution in [0.1, 0.15) is 31.7 Å². The maximum Gasteiger partial charge on any atom is 0.270 e. The third-order valence-electron chi connectivity index (χ3n) is 4.75. The molecular formula is C17H26N6O2. The van der Waals surface area contributed by atoms with Crippen LogP contribution < -0.4 is 0 Å². The Hall–Kier alpha value is -2.22. The summed E-state index contributed by atoms with van der Waals surface area (Å²) < 4.78 is 1.93. The Balaban J connectivity index is 1.57. The Kier molecular flexibility index (Phi) is 5.47. The Bertz CT molecular complexity index is 668. The fourth-order valence-corrected chi connectivity index (χ4v) is 3.26. The van der Waals surface area contributed by atoms with E-state index in [0.29, 0.717) is 25.1 Å². The number of aryl methyl sites for hydroxylation is 1. The van der Waals surface area contributed by atoms with Gasteiger partial charge < -0.3 is 4.90 Å². The first-order valence-corrected chi connectivity index (χ1v) is 8.94. The molecule has 1 saturated heterocycles. The van der Waals surface area contributed by atoms with Crippen molar-refractivity contribution in [3.05, 3.63) is 18.0 Å². The molecule has 0 unspecified atom stereocenters. The van der Waals surface area contributed by atoms with Crippen LogP contribution in [-0.2, 0) is 22.7 Å². The molecule has 0 N–H and O–H groups in total. The summed E-state index contributed by atoms with van der Waals surface area (Å²) in [5.74, 6) is -0.0637. The van der Waals surface area contributed by atoms with Crippen LogP contribution in [0.3, 0.4) is 0 Å². The zero-order chi connectivity index (χ0) is 17.8. The molecule has 2 aliphatic heterocycles. The van der Waals surface area contributed by atoms with Crippen molar-refractivity contribution in [1.29, 1.82) is 0 Å². The molecule has 1 aromatic rings. The quantitative estimate of drug-likeness (QED) is 0.798. The van der Waals surface area contributed by atoms with Crippen LogP contribution in [0.25, 0.3) is 0 Å². The number of rotatable bonds is 4. The predicted molar refractivity (Wildman–Crippen MR) is 93.8 cm³/mol. The van der Waals surface area contributed by atoms with Gasteiger partial charge in [-0.2, -0.15) is 10.2 Å². The molecule has 8 nitrogen and oxygen atoms in total. The van der Waals surface area contributed by atoms with Crippen molar-refractivity contribution >= 4 is 17.5 Å². The van der Waals surface area contributed by atoms with E-state index in [1.54, 1.807) is 7.05 Å². The topological polar surface area (TPSA) is 74.0 Å². The number of carbonyl (C=O) groups excluding carboxylic acids is 2. The number of carbonyl (C=O) groups is 2. The second-order valence-electron chi connectivity index (χ2n) is 6.59. The van der Waals surface area contributed by atoms with Gasteiger partial charge in [-0.3, -0.25) is 19.2 Å². The molecule has 3 heterocycles. The SMILES string of the molecule is CCn1cc(CN2CCCN(C(=O)C3=NN(C)C(=O)CC3)CC2)cn1. The van der Waals surface area contributed by atoms with Crippen molar-refractivity contribution in [3.63, 3.8) is 0 Å². The molecule has 0 aliphatic carbocycles. The highest BCUT2D eigenvalue weighted by Gasteiger charge is 2.27. The molecule has 0 aromatic carbocycles. The van der Waals surface area contributed by atoms with Gasteiger partial charge in [0.25, 0.3) is 5.91 Å². The zero-order valence-electron chi connectivity index (χ0n) is 15.0. The lowest BCUT2D eigenvalue weighted by atomic mass is 10.1. The van der Waals surface area contributed by atoms with Crippen molar-refractivity contribution in [2.24, 2.45) is 5.10 Å². The third kappa shape index (κ3) is 4.25. The molecule has 0 saturated carbocycles. The second kappa shape index (κ2) is 7.77. The van der Waals surface area contributed by atoms with Crippen LogP contribution in [0, 0.1) is 0 Å². The van der Waals surface area contributed by atoms with Gasteiger partial charge in [0.1, 0.15) is 5.71 Å². The fraction of sp³-hybridized carbons (Fsp3) is 0.647. The molecule has 3 rings (SSSR count). The first kappa shape index (κ1) is 17.6. The number of hydrazone groups is 1. The standard InChI is InChI=1S/C17H26N6O2/c1-3-23-13-14(11-18-23)12-21-7-4-8-22(10-9-21)17(25)15-5-6-16(24)20(2)19-15/h11,13H,3-10,12H2,1-2H3. The fourth-order valence-electron chi connectivity index (χ4n) is 3.26. The lowest BCUT2D eigenvalue weighted by Crippen LogP contribution is -2.42. The minimum Gasteiger partial charge on any atom is -0.336 e. The van der Waals surface area contributed by atoms with Crippen LogP contribution in [0.5, 0.6) is 0 Å². The summed E-state index contributed by atoms with van der Waals surface area (Å²) in [4.78, 5) is 28.4. The summed E-state index contributed by atoms with van der Waals surface area (Å²) in [7, 11) is 1.61. The predicted octanol–water partition coefficient (Wildman–Crippen LogP) is 0.546. The van der Waals surface area contributed by atoms with E-state index in [4.69, 9.17) is 0 Å². The summed E-state index contributed by atoms with van der Waals surface area (Å²) in [6.07, 6.45) is 5.74. The zero-order valence-corrected chi connectivity index (χ0v) is 15.0. The van der Waals surface area contributed by atoms with Gasteiger partial charge in [0.2, 0.25) is 5.91 Å². The van der Waals surface area contributed by atoms with Gasteiger partial charge in [-0.1, -0.05) is 0 Å². The number of hydrogen-bond donors (Lipinski definition) is 0. The van der Waals surface area contributed by atoms with E-state index in [1.165, 1.54) is 10.6 Å². The first-order chi connectivity index (χ1) is 12.1. The van der Waals surface area contributed by atoms with Crippen LogP contribution in [-0.4, -0.2) is 75.3 Å². The highest BCUT2D eigenvalue weighted by molar-refractivity contribution is 6.39. The van der Waals surface area contributed by atoms with Gasteiger partial charge in [0.05, 0.1) is 6.20 Å². The van der Waals surface area contributed by atoms with E-state index in [2.05, 4.69) is 28.2 Å². The van der Waals surface area contributed by atoms with Crippen LogP contribution >= 0.6 is 0 Å². The van der Waals surface area contributed by atoms with Crippen molar-refractivity contribution in [2.75, 3.05) is 33.2 Å². The van der Waals surface area contributed by atoms with Crippen LogP contribution in [0.15, 0.2) is 17.5 Å². The van der Waals surface area contributed by atoms with Crippen molar-refractivity contribution in [1.82, 2.24) is 24.6 Å². The normalized spacial score (nSPS) is 19.8. The maximum atomic E-state index is 12.7. The van der Waals surface area contributed by atoms with Gasteiger partial charge in [-0.15, -0.1) is 0 Å². The summed E-state index contributed by atoms with van der Waals surface area (Å²) in [6, 6.07) is 0. The average molecular weight is 346 g/mol. The molecule has 136 valence electrons. The van der Waals surface area contributed by atoms with Crippen molar-refractivity contribution < 1.29 is 9.59 Å². The molecule has 8 heteroatoms. The molecule has 2 amide bonds. The Morgan fingerprint density at radius 2 is 2.04 bits per heavy atom. The Morgan fingerprint density at radius 1 is 1.20 bits per heavy atom. The average Bonchev–Trinajstić information content (AvgIpc) is 2.94. The highest BCUT2D eigenvalue weighted by Crippen LogP contribution is 2.13. The number of hydrogen-bond acceptors (Lipinski definition) is 5. The van der Waals surface area contributed by atoms with E-state index < -0.39 is 0 Å². The molecule has 0 radical (unpaired) electrons. The molecular weight excluding hydrogens is 320 g/mol. The molecule has 1 fully saturated rings. The molecule has 1 aromatic heterocycles. The molecule has 0 bridgehead atoms. The lowest BCUT2D eigenvalue weighted by molar-refractivity contribution is -0.130. The highest BCUT2D eigenvalue weighted by atomic mass is 16.2. The summed E-state index contributed by atoms with van der Waals surface area (Å²) in [5.41, 5.74) is 1.71.